The number of para-hydroxylation sites is 1. The first-order chi connectivity index (χ1) is 20.2. The molecule has 0 spiro atoms. The number of rotatable bonds is 6. The number of benzene rings is 5. The van der Waals surface area contributed by atoms with Gasteiger partial charge in [-0.1, -0.05) is 136 Å². The van der Waals surface area contributed by atoms with E-state index in [9.17, 15) is 0 Å². The van der Waals surface area contributed by atoms with Crippen molar-refractivity contribution in [2.75, 3.05) is 5.73 Å². The van der Waals surface area contributed by atoms with E-state index in [1.165, 1.54) is 66.8 Å². The monoisotopic (exact) mass is 565 g/mol. The van der Waals surface area contributed by atoms with E-state index in [0.29, 0.717) is 0 Å². The summed E-state index contributed by atoms with van der Waals surface area (Å²) in [5.74, 6) is 0. The van der Waals surface area contributed by atoms with Crippen LogP contribution in [0, 0.1) is 55.4 Å². The zero-order valence-corrected chi connectivity index (χ0v) is 27.7. The van der Waals surface area contributed by atoms with Crippen LogP contribution in [0.25, 0.3) is 0 Å². The molecular weight excluding hydrogens is 518 g/mol. The smallest absolute Gasteiger partial charge is 0.0444 e. The summed E-state index contributed by atoms with van der Waals surface area (Å²) in [6.45, 7) is 22.2. The third kappa shape index (κ3) is 5.54. The first-order valence-corrected chi connectivity index (χ1v) is 15.5. The lowest BCUT2D eigenvalue weighted by atomic mass is 9.65. The number of nitrogen functional groups attached to an aromatic ring is 1. The fourth-order valence-corrected chi connectivity index (χ4v) is 7.45. The molecule has 1 heteroatoms. The molecule has 0 saturated carbocycles. The zero-order valence-electron chi connectivity index (χ0n) is 27.7. The van der Waals surface area contributed by atoms with E-state index in [-0.39, 0.29) is 0 Å². The molecule has 0 aromatic heterocycles. The molecule has 0 aliphatic carbocycles. The standard InChI is InChI=1S/C42H47N/c1-26-14-27(2)19-34(18-26)41(9,35-20-28(3)15-29(4)21-35)38-12-11-13-39(40(38)43)42(10,36-22-30(5)16-31(6)23-36)37-24-32(7)17-33(8)25-37/h11-25H,43H2,1-10H3. The molecule has 43 heavy (non-hydrogen) atoms. The fraction of sp³-hybridized carbons (Fsp3) is 0.286. The lowest BCUT2D eigenvalue weighted by Crippen LogP contribution is -2.31. The molecule has 2 N–H and O–H groups in total. The Balaban J connectivity index is 1.89. The molecule has 5 rings (SSSR count). The summed E-state index contributed by atoms with van der Waals surface area (Å²) in [5, 5.41) is 0. The Labute approximate surface area is 259 Å². The highest BCUT2D eigenvalue weighted by Crippen LogP contribution is 2.48. The molecule has 0 bridgehead atoms. The van der Waals surface area contributed by atoms with E-state index >= 15 is 0 Å². The minimum atomic E-state index is -0.459. The van der Waals surface area contributed by atoms with Crippen molar-refractivity contribution < 1.29 is 0 Å². The summed E-state index contributed by atoms with van der Waals surface area (Å²) in [4.78, 5) is 0. The SMILES string of the molecule is Cc1cc(C)cc(C(C)(c2cc(C)cc(C)c2)c2cccc(C(C)(c3cc(C)cc(C)c3)c3cc(C)cc(C)c3)c2N)c1. The lowest BCUT2D eigenvalue weighted by Gasteiger charge is -2.38. The first-order valence-electron chi connectivity index (χ1n) is 15.5. The van der Waals surface area contributed by atoms with Gasteiger partial charge in [0.2, 0.25) is 0 Å². The van der Waals surface area contributed by atoms with Crippen molar-refractivity contribution in [1.82, 2.24) is 0 Å². The number of nitrogens with two attached hydrogens (primary N) is 1. The summed E-state index contributed by atoms with van der Waals surface area (Å²) >= 11 is 0. The summed E-state index contributed by atoms with van der Waals surface area (Å²) in [5.41, 5.74) is 24.8. The van der Waals surface area contributed by atoms with Crippen molar-refractivity contribution in [2.24, 2.45) is 0 Å². The highest BCUT2D eigenvalue weighted by Gasteiger charge is 2.39. The van der Waals surface area contributed by atoms with Crippen LogP contribution in [-0.4, -0.2) is 0 Å². The average molecular weight is 566 g/mol. The van der Waals surface area contributed by atoms with Crippen molar-refractivity contribution in [1.29, 1.82) is 0 Å². The van der Waals surface area contributed by atoms with Crippen molar-refractivity contribution in [2.45, 2.75) is 80.1 Å². The third-order valence-electron chi connectivity index (χ3n) is 9.38. The maximum atomic E-state index is 7.51. The van der Waals surface area contributed by atoms with Gasteiger partial charge in [0.1, 0.15) is 0 Å². The molecule has 0 saturated heterocycles. The van der Waals surface area contributed by atoms with Crippen molar-refractivity contribution in [3.63, 3.8) is 0 Å². The van der Waals surface area contributed by atoms with Crippen LogP contribution in [0.5, 0.6) is 0 Å². The molecule has 0 aliphatic rings. The number of anilines is 1. The van der Waals surface area contributed by atoms with Crippen LogP contribution in [0.15, 0.2) is 91.0 Å². The third-order valence-corrected chi connectivity index (χ3v) is 9.38. The average Bonchev–Trinajstić information content (AvgIpc) is 2.90. The predicted molar refractivity (Wildman–Crippen MR) is 186 cm³/mol. The molecule has 0 amide bonds. The highest BCUT2D eigenvalue weighted by molar-refractivity contribution is 5.69. The van der Waals surface area contributed by atoms with Gasteiger partial charge in [0.25, 0.3) is 0 Å². The van der Waals surface area contributed by atoms with Gasteiger partial charge < -0.3 is 5.73 Å². The van der Waals surface area contributed by atoms with E-state index in [1.54, 1.807) is 0 Å². The first kappa shape index (κ1) is 30.4. The Kier molecular flexibility index (Phi) is 7.90. The molecule has 5 aromatic rings. The minimum Gasteiger partial charge on any atom is -0.398 e. The maximum absolute atomic E-state index is 7.51. The van der Waals surface area contributed by atoms with Crippen LogP contribution in [0.3, 0.4) is 0 Å². The van der Waals surface area contributed by atoms with Crippen LogP contribution in [0.4, 0.5) is 5.69 Å². The van der Waals surface area contributed by atoms with E-state index in [2.05, 4.69) is 160 Å². The number of hydrogen-bond donors (Lipinski definition) is 1. The van der Waals surface area contributed by atoms with E-state index in [0.717, 1.165) is 16.8 Å². The van der Waals surface area contributed by atoms with Crippen LogP contribution in [0.2, 0.25) is 0 Å². The van der Waals surface area contributed by atoms with Gasteiger partial charge in [-0.2, -0.15) is 0 Å². The van der Waals surface area contributed by atoms with Gasteiger partial charge >= 0.3 is 0 Å². The Morgan fingerprint density at radius 1 is 0.372 bits per heavy atom. The largest absolute Gasteiger partial charge is 0.398 e. The van der Waals surface area contributed by atoms with Crippen molar-refractivity contribution >= 4 is 5.69 Å². The molecule has 1 nitrogen and oxygen atoms in total. The van der Waals surface area contributed by atoms with Crippen molar-refractivity contribution in [3.8, 4) is 0 Å². The van der Waals surface area contributed by atoms with E-state index in [1.807, 2.05) is 0 Å². The topological polar surface area (TPSA) is 26.0 Å². The number of hydrogen-bond acceptors (Lipinski definition) is 1. The van der Waals surface area contributed by atoms with E-state index < -0.39 is 10.8 Å². The summed E-state index contributed by atoms with van der Waals surface area (Å²) in [6, 6.07) is 34.4. The van der Waals surface area contributed by atoms with Gasteiger partial charge in [-0.3, -0.25) is 0 Å². The summed E-state index contributed by atoms with van der Waals surface area (Å²) < 4.78 is 0. The molecule has 0 unspecified atom stereocenters. The normalized spacial score (nSPS) is 12.0. The van der Waals surface area contributed by atoms with Crippen LogP contribution < -0.4 is 5.73 Å². The molecule has 0 radical (unpaired) electrons. The van der Waals surface area contributed by atoms with Crippen LogP contribution in [0.1, 0.15) is 91.7 Å². The highest BCUT2D eigenvalue weighted by atomic mass is 14.6. The Morgan fingerprint density at radius 2 is 0.581 bits per heavy atom. The minimum absolute atomic E-state index is 0.459. The molecule has 0 atom stereocenters. The van der Waals surface area contributed by atoms with Gasteiger partial charge in [0.15, 0.2) is 0 Å². The van der Waals surface area contributed by atoms with Gasteiger partial charge in [-0.25, -0.2) is 0 Å². The second kappa shape index (κ2) is 11.2. The van der Waals surface area contributed by atoms with Gasteiger partial charge in [-0.15, -0.1) is 0 Å². The predicted octanol–water partition coefficient (Wildman–Crippen LogP) is 10.4. The van der Waals surface area contributed by atoms with E-state index in [4.69, 9.17) is 5.73 Å². The van der Waals surface area contributed by atoms with Gasteiger partial charge in [0, 0.05) is 16.5 Å². The molecular formula is C42H47N. The summed E-state index contributed by atoms with van der Waals surface area (Å²) in [7, 11) is 0. The zero-order chi connectivity index (χ0) is 31.3. The molecule has 0 heterocycles. The van der Waals surface area contributed by atoms with Crippen LogP contribution in [-0.2, 0) is 10.8 Å². The van der Waals surface area contributed by atoms with Crippen molar-refractivity contribution in [3.05, 3.63) is 169 Å². The Morgan fingerprint density at radius 3 is 0.791 bits per heavy atom. The van der Waals surface area contributed by atoms with Crippen LogP contribution >= 0.6 is 0 Å². The fourth-order valence-electron chi connectivity index (χ4n) is 7.45. The lowest BCUT2D eigenvalue weighted by molar-refractivity contribution is 0.669. The van der Waals surface area contributed by atoms with Gasteiger partial charge in [0.05, 0.1) is 0 Å². The molecule has 0 aliphatic heterocycles. The molecule has 0 fully saturated rings. The second-order valence-electron chi connectivity index (χ2n) is 13.5. The van der Waals surface area contributed by atoms with Gasteiger partial charge in [-0.05, 0) is 103 Å². The summed E-state index contributed by atoms with van der Waals surface area (Å²) in [6.07, 6.45) is 0. The Hall–Kier alpha value is -4.10. The number of aryl methyl sites for hydroxylation is 8. The second-order valence-corrected chi connectivity index (χ2v) is 13.5. The quantitative estimate of drug-likeness (QED) is 0.161. The maximum Gasteiger partial charge on any atom is 0.0444 e. The Bertz CT molecular complexity index is 1520. The molecule has 5 aromatic carbocycles. The molecule has 220 valence electrons.